The van der Waals surface area contributed by atoms with E-state index in [1.165, 1.54) is 11.1 Å². The van der Waals surface area contributed by atoms with Crippen molar-refractivity contribution >= 4 is 11.6 Å². The Bertz CT molecular complexity index is 447. The minimum absolute atomic E-state index is 0.284. The van der Waals surface area contributed by atoms with Gasteiger partial charge in [0.2, 0.25) is 0 Å². The molecule has 0 N–H and O–H groups in total. The topological polar surface area (TPSA) is 21.7 Å². The number of likely N-dealkylation sites (tertiary alicyclic amines) is 1. The maximum Gasteiger partial charge on any atom is 0.170 e. The molecule has 2 aliphatic rings. The molecule has 3 rings (SSSR count). The first kappa shape index (κ1) is 13.4. The molecule has 0 aromatic heterocycles. The summed E-state index contributed by atoms with van der Waals surface area (Å²) in [5.41, 5.74) is 2.41. The monoisotopic (exact) mass is 281 g/mol. The summed E-state index contributed by atoms with van der Waals surface area (Å²) >= 11 is 6.29. The number of ether oxygens (including phenoxy) is 2. The summed E-state index contributed by atoms with van der Waals surface area (Å²) in [6.45, 7) is 6.46. The van der Waals surface area contributed by atoms with Crippen LogP contribution in [0.3, 0.4) is 0 Å². The van der Waals surface area contributed by atoms with Crippen LogP contribution in [0.15, 0.2) is 18.2 Å². The molecule has 0 aliphatic carbocycles. The van der Waals surface area contributed by atoms with Crippen molar-refractivity contribution in [1.29, 1.82) is 0 Å². The highest BCUT2D eigenvalue weighted by Crippen LogP contribution is 2.32. The van der Waals surface area contributed by atoms with Crippen LogP contribution in [0.4, 0.5) is 0 Å². The smallest absolute Gasteiger partial charge is 0.170 e. The van der Waals surface area contributed by atoms with Crippen LogP contribution in [0.2, 0.25) is 5.02 Å². The molecule has 1 spiro atoms. The third-order valence-electron chi connectivity index (χ3n) is 4.03. The standard InChI is InChI=1S/C15H20ClNO2/c1-12-2-3-13(14(16)10-12)11-17-6-4-15(5-7-17)18-8-9-19-15/h2-3,10H,4-9,11H2,1H3. The van der Waals surface area contributed by atoms with Crippen LogP contribution < -0.4 is 0 Å². The molecule has 3 nitrogen and oxygen atoms in total. The van der Waals surface area contributed by atoms with Crippen molar-refractivity contribution in [2.75, 3.05) is 26.3 Å². The molecular weight excluding hydrogens is 262 g/mol. The van der Waals surface area contributed by atoms with E-state index in [0.29, 0.717) is 0 Å². The van der Waals surface area contributed by atoms with Gasteiger partial charge in [0, 0.05) is 37.5 Å². The van der Waals surface area contributed by atoms with Gasteiger partial charge in [-0.25, -0.2) is 0 Å². The first-order valence-corrected chi connectivity index (χ1v) is 7.30. The maximum atomic E-state index is 6.29. The largest absolute Gasteiger partial charge is 0.347 e. The Kier molecular flexibility index (Phi) is 3.81. The van der Waals surface area contributed by atoms with E-state index in [4.69, 9.17) is 21.1 Å². The van der Waals surface area contributed by atoms with Gasteiger partial charge in [-0.3, -0.25) is 4.90 Å². The lowest BCUT2D eigenvalue weighted by molar-refractivity contribution is -0.185. The van der Waals surface area contributed by atoms with Gasteiger partial charge in [-0.15, -0.1) is 0 Å². The van der Waals surface area contributed by atoms with Crippen LogP contribution in [0.5, 0.6) is 0 Å². The van der Waals surface area contributed by atoms with Gasteiger partial charge in [-0.2, -0.15) is 0 Å². The maximum absolute atomic E-state index is 6.29. The number of benzene rings is 1. The third-order valence-corrected chi connectivity index (χ3v) is 4.39. The lowest BCUT2D eigenvalue weighted by Crippen LogP contribution is -2.44. The third kappa shape index (κ3) is 2.95. The molecule has 2 fully saturated rings. The Morgan fingerprint density at radius 2 is 1.89 bits per heavy atom. The van der Waals surface area contributed by atoms with E-state index in [9.17, 15) is 0 Å². The molecule has 1 aromatic rings. The van der Waals surface area contributed by atoms with Crippen LogP contribution >= 0.6 is 11.6 Å². The molecule has 0 atom stereocenters. The number of halogens is 1. The fraction of sp³-hybridized carbons (Fsp3) is 0.600. The molecule has 2 saturated heterocycles. The molecule has 0 radical (unpaired) electrons. The average Bonchev–Trinajstić information content (AvgIpc) is 2.84. The molecule has 4 heteroatoms. The van der Waals surface area contributed by atoms with E-state index in [2.05, 4.69) is 24.0 Å². The summed E-state index contributed by atoms with van der Waals surface area (Å²) in [6, 6.07) is 6.28. The van der Waals surface area contributed by atoms with Gasteiger partial charge in [-0.1, -0.05) is 23.7 Å². The van der Waals surface area contributed by atoms with Crippen molar-refractivity contribution in [3.63, 3.8) is 0 Å². The van der Waals surface area contributed by atoms with Gasteiger partial charge >= 0.3 is 0 Å². The van der Waals surface area contributed by atoms with Crippen molar-refractivity contribution < 1.29 is 9.47 Å². The predicted octanol–water partition coefficient (Wildman–Crippen LogP) is 2.99. The normalized spacial score (nSPS) is 23.1. The first-order chi connectivity index (χ1) is 9.17. The number of piperidine rings is 1. The summed E-state index contributed by atoms with van der Waals surface area (Å²) in [5.74, 6) is -0.284. The number of nitrogens with zero attached hydrogens (tertiary/aromatic N) is 1. The van der Waals surface area contributed by atoms with Gasteiger partial charge in [0.15, 0.2) is 5.79 Å². The molecule has 1 aromatic carbocycles. The Morgan fingerprint density at radius 1 is 1.21 bits per heavy atom. The van der Waals surface area contributed by atoms with Gasteiger partial charge in [-0.05, 0) is 24.1 Å². The molecule has 2 heterocycles. The minimum atomic E-state index is -0.284. The molecule has 104 valence electrons. The second kappa shape index (κ2) is 5.41. The van der Waals surface area contributed by atoms with Crippen LogP contribution in [-0.2, 0) is 16.0 Å². The molecule has 0 amide bonds. The number of hydrogen-bond donors (Lipinski definition) is 0. The summed E-state index contributed by atoms with van der Waals surface area (Å²) in [5, 5.41) is 0.869. The van der Waals surface area contributed by atoms with Gasteiger partial charge < -0.3 is 9.47 Å². The molecule has 0 bridgehead atoms. The van der Waals surface area contributed by atoms with E-state index < -0.39 is 0 Å². The second-order valence-electron chi connectivity index (χ2n) is 5.48. The zero-order chi connectivity index (χ0) is 13.3. The minimum Gasteiger partial charge on any atom is -0.347 e. The van der Waals surface area contributed by atoms with Crippen molar-refractivity contribution in [3.8, 4) is 0 Å². The zero-order valence-electron chi connectivity index (χ0n) is 11.3. The van der Waals surface area contributed by atoms with Crippen molar-refractivity contribution in [3.05, 3.63) is 34.3 Å². The highest BCUT2D eigenvalue weighted by atomic mass is 35.5. The summed E-state index contributed by atoms with van der Waals surface area (Å²) in [4.78, 5) is 2.42. The Hall–Kier alpha value is -0.610. The summed E-state index contributed by atoms with van der Waals surface area (Å²) in [7, 11) is 0. The zero-order valence-corrected chi connectivity index (χ0v) is 12.1. The Morgan fingerprint density at radius 3 is 2.53 bits per heavy atom. The van der Waals surface area contributed by atoms with Crippen LogP contribution in [0.1, 0.15) is 24.0 Å². The lowest BCUT2D eigenvalue weighted by atomic mass is 10.0. The van der Waals surface area contributed by atoms with Gasteiger partial charge in [0.05, 0.1) is 13.2 Å². The number of aryl methyl sites for hydroxylation is 1. The van der Waals surface area contributed by atoms with Crippen molar-refractivity contribution in [1.82, 2.24) is 4.90 Å². The van der Waals surface area contributed by atoms with Crippen molar-refractivity contribution in [2.24, 2.45) is 0 Å². The van der Waals surface area contributed by atoms with E-state index >= 15 is 0 Å². The molecule has 0 saturated carbocycles. The summed E-state index contributed by atoms with van der Waals surface area (Å²) in [6.07, 6.45) is 1.91. The van der Waals surface area contributed by atoms with Crippen molar-refractivity contribution in [2.45, 2.75) is 32.1 Å². The molecule has 0 unspecified atom stereocenters. The van der Waals surface area contributed by atoms with E-state index in [1.54, 1.807) is 0 Å². The molecular formula is C15H20ClNO2. The van der Waals surface area contributed by atoms with E-state index in [-0.39, 0.29) is 5.79 Å². The van der Waals surface area contributed by atoms with Gasteiger partial charge in [0.1, 0.15) is 0 Å². The molecule has 2 aliphatic heterocycles. The SMILES string of the molecule is Cc1ccc(CN2CCC3(CC2)OCCO3)c(Cl)c1. The van der Waals surface area contributed by atoms with Crippen LogP contribution in [-0.4, -0.2) is 37.0 Å². The molecule has 19 heavy (non-hydrogen) atoms. The Labute approximate surface area is 119 Å². The average molecular weight is 282 g/mol. The van der Waals surface area contributed by atoms with Crippen LogP contribution in [0.25, 0.3) is 0 Å². The highest BCUT2D eigenvalue weighted by molar-refractivity contribution is 6.31. The first-order valence-electron chi connectivity index (χ1n) is 6.92. The quantitative estimate of drug-likeness (QED) is 0.832. The fourth-order valence-corrected chi connectivity index (χ4v) is 3.15. The number of rotatable bonds is 2. The number of hydrogen-bond acceptors (Lipinski definition) is 3. The van der Waals surface area contributed by atoms with Crippen LogP contribution in [0, 0.1) is 6.92 Å². The van der Waals surface area contributed by atoms with E-state index in [0.717, 1.165) is 50.7 Å². The van der Waals surface area contributed by atoms with Gasteiger partial charge in [0.25, 0.3) is 0 Å². The Balaban J connectivity index is 1.60. The van der Waals surface area contributed by atoms with E-state index in [1.807, 2.05) is 6.07 Å². The summed E-state index contributed by atoms with van der Waals surface area (Å²) < 4.78 is 11.5. The second-order valence-corrected chi connectivity index (χ2v) is 5.89. The fourth-order valence-electron chi connectivity index (χ4n) is 2.86. The lowest BCUT2D eigenvalue weighted by Gasteiger charge is -2.37. The highest BCUT2D eigenvalue weighted by Gasteiger charge is 2.39. The predicted molar refractivity (Wildman–Crippen MR) is 75.3 cm³/mol.